The Morgan fingerprint density at radius 2 is 2.05 bits per heavy atom. The molecule has 0 bridgehead atoms. The Balaban J connectivity index is 2.00. The molecule has 19 heavy (non-hydrogen) atoms. The summed E-state index contributed by atoms with van der Waals surface area (Å²) in [5.74, 6) is -0.983. The molecule has 6 nitrogen and oxygen atoms in total. The lowest BCUT2D eigenvalue weighted by molar-refractivity contribution is -0.124. The quantitative estimate of drug-likeness (QED) is 0.740. The number of imide groups is 1. The molecule has 0 spiro atoms. The number of urea groups is 1. The zero-order valence-electron chi connectivity index (χ0n) is 9.50. The molecule has 3 N–H and O–H groups in total. The Morgan fingerprint density at radius 1 is 1.32 bits per heavy atom. The van der Waals surface area contributed by atoms with Crippen molar-refractivity contribution in [2.24, 2.45) is 0 Å². The molecule has 0 saturated carbocycles. The van der Waals surface area contributed by atoms with Crippen LogP contribution in [0.2, 0.25) is 10.0 Å². The second-order valence-corrected chi connectivity index (χ2v) is 4.65. The van der Waals surface area contributed by atoms with Gasteiger partial charge in [-0.15, -0.1) is 0 Å². The molecule has 1 heterocycles. The SMILES string of the molecule is O=C(CC1NC(=O)NC1=O)Nc1cccc(Cl)c1Cl. The Hall–Kier alpha value is -1.79. The number of nitrogens with one attached hydrogen (secondary N) is 3. The monoisotopic (exact) mass is 301 g/mol. The van der Waals surface area contributed by atoms with Crippen LogP contribution in [0.4, 0.5) is 10.5 Å². The molecule has 0 aromatic heterocycles. The van der Waals surface area contributed by atoms with Gasteiger partial charge in [0.15, 0.2) is 0 Å². The van der Waals surface area contributed by atoms with Gasteiger partial charge in [-0.1, -0.05) is 29.3 Å². The van der Waals surface area contributed by atoms with Gasteiger partial charge >= 0.3 is 6.03 Å². The van der Waals surface area contributed by atoms with E-state index in [9.17, 15) is 14.4 Å². The van der Waals surface area contributed by atoms with Gasteiger partial charge < -0.3 is 10.6 Å². The predicted octanol–water partition coefficient (Wildman–Crippen LogP) is 1.53. The largest absolute Gasteiger partial charge is 0.325 e. The molecule has 0 radical (unpaired) electrons. The highest BCUT2D eigenvalue weighted by molar-refractivity contribution is 6.44. The zero-order chi connectivity index (χ0) is 14.0. The highest BCUT2D eigenvalue weighted by Gasteiger charge is 2.31. The molecule has 1 aromatic carbocycles. The summed E-state index contributed by atoms with van der Waals surface area (Å²) in [6.07, 6.45) is -0.180. The standard InChI is InChI=1S/C11H9Cl2N3O3/c12-5-2-1-3-6(9(5)13)14-8(17)4-7-10(18)16-11(19)15-7/h1-3,7H,4H2,(H,14,17)(H2,15,16,18,19). The number of carbonyl (C=O) groups excluding carboxylic acids is 3. The van der Waals surface area contributed by atoms with E-state index < -0.39 is 23.9 Å². The lowest BCUT2D eigenvalue weighted by atomic mass is 10.2. The van der Waals surface area contributed by atoms with E-state index in [4.69, 9.17) is 23.2 Å². The van der Waals surface area contributed by atoms with Crippen molar-refractivity contribution < 1.29 is 14.4 Å². The van der Waals surface area contributed by atoms with Crippen molar-refractivity contribution >= 4 is 46.7 Å². The topological polar surface area (TPSA) is 87.3 Å². The van der Waals surface area contributed by atoms with Crippen LogP contribution in [0.1, 0.15) is 6.42 Å². The van der Waals surface area contributed by atoms with Gasteiger partial charge in [0.2, 0.25) is 5.91 Å². The molecule has 1 unspecified atom stereocenters. The summed E-state index contributed by atoms with van der Waals surface area (Å²) in [5, 5.41) is 7.43. The van der Waals surface area contributed by atoms with Gasteiger partial charge in [0.05, 0.1) is 22.2 Å². The van der Waals surface area contributed by atoms with Crippen LogP contribution < -0.4 is 16.0 Å². The summed E-state index contributed by atoms with van der Waals surface area (Å²) in [5.41, 5.74) is 0.351. The smallest absolute Gasteiger partial charge is 0.322 e. The first-order chi connectivity index (χ1) is 8.97. The van der Waals surface area contributed by atoms with Crippen LogP contribution >= 0.6 is 23.2 Å². The third-order valence-electron chi connectivity index (χ3n) is 2.47. The van der Waals surface area contributed by atoms with Gasteiger partial charge in [0.1, 0.15) is 6.04 Å². The molecular weight excluding hydrogens is 293 g/mol. The van der Waals surface area contributed by atoms with E-state index in [2.05, 4.69) is 10.6 Å². The second-order valence-electron chi connectivity index (χ2n) is 3.87. The Labute approximate surface area is 118 Å². The summed E-state index contributed by atoms with van der Waals surface area (Å²) in [4.78, 5) is 33.9. The van der Waals surface area contributed by atoms with Gasteiger partial charge in [-0.3, -0.25) is 14.9 Å². The van der Waals surface area contributed by atoms with E-state index in [1.807, 2.05) is 5.32 Å². The van der Waals surface area contributed by atoms with Crippen molar-refractivity contribution in [1.82, 2.24) is 10.6 Å². The molecule has 4 amide bonds. The zero-order valence-corrected chi connectivity index (χ0v) is 11.0. The molecule has 1 saturated heterocycles. The molecule has 1 aromatic rings. The van der Waals surface area contributed by atoms with Crippen molar-refractivity contribution in [2.75, 3.05) is 5.32 Å². The molecule has 1 atom stereocenters. The highest BCUT2D eigenvalue weighted by atomic mass is 35.5. The molecule has 0 aliphatic carbocycles. The van der Waals surface area contributed by atoms with Gasteiger partial charge in [0.25, 0.3) is 5.91 Å². The normalized spacial score (nSPS) is 17.9. The minimum absolute atomic E-state index is 0.180. The van der Waals surface area contributed by atoms with Crippen LogP contribution in [-0.4, -0.2) is 23.9 Å². The minimum Gasteiger partial charge on any atom is -0.325 e. The first kappa shape index (κ1) is 13.6. The van der Waals surface area contributed by atoms with E-state index in [-0.39, 0.29) is 11.4 Å². The molecule has 100 valence electrons. The van der Waals surface area contributed by atoms with E-state index >= 15 is 0 Å². The summed E-state index contributed by atoms with van der Waals surface area (Å²) in [6, 6.07) is 3.33. The fourth-order valence-corrected chi connectivity index (χ4v) is 1.94. The molecule has 2 rings (SSSR count). The lowest BCUT2D eigenvalue weighted by Gasteiger charge is -2.10. The number of halogens is 2. The number of hydrogen-bond acceptors (Lipinski definition) is 3. The van der Waals surface area contributed by atoms with Crippen LogP contribution in [0.25, 0.3) is 0 Å². The summed E-state index contributed by atoms with van der Waals surface area (Å²) < 4.78 is 0. The summed E-state index contributed by atoms with van der Waals surface area (Å²) in [6.45, 7) is 0. The average Bonchev–Trinajstić information content (AvgIpc) is 2.64. The maximum Gasteiger partial charge on any atom is 0.322 e. The predicted molar refractivity (Wildman–Crippen MR) is 70.2 cm³/mol. The van der Waals surface area contributed by atoms with Gasteiger partial charge in [-0.2, -0.15) is 0 Å². The van der Waals surface area contributed by atoms with Crippen molar-refractivity contribution in [3.8, 4) is 0 Å². The second kappa shape index (κ2) is 5.46. The van der Waals surface area contributed by atoms with Crippen molar-refractivity contribution in [1.29, 1.82) is 0 Å². The van der Waals surface area contributed by atoms with E-state index in [1.165, 1.54) is 0 Å². The van der Waals surface area contributed by atoms with Crippen molar-refractivity contribution in [3.05, 3.63) is 28.2 Å². The Bertz CT molecular complexity index is 562. The van der Waals surface area contributed by atoms with Crippen LogP contribution in [0.5, 0.6) is 0 Å². The maximum atomic E-state index is 11.7. The highest BCUT2D eigenvalue weighted by Crippen LogP contribution is 2.29. The molecule has 8 heteroatoms. The number of rotatable bonds is 3. The number of anilines is 1. The molecule has 1 fully saturated rings. The minimum atomic E-state index is -0.870. The Morgan fingerprint density at radius 3 is 2.68 bits per heavy atom. The number of amides is 4. The van der Waals surface area contributed by atoms with Gasteiger partial charge in [-0.05, 0) is 12.1 Å². The van der Waals surface area contributed by atoms with Crippen molar-refractivity contribution in [2.45, 2.75) is 12.5 Å². The van der Waals surface area contributed by atoms with Crippen molar-refractivity contribution in [3.63, 3.8) is 0 Å². The van der Waals surface area contributed by atoms with Crippen LogP contribution in [0.15, 0.2) is 18.2 Å². The third kappa shape index (κ3) is 3.15. The first-order valence-corrected chi connectivity index (χ1v) is 6.08. The number of carbonyl (C=O) groups is 3. The third-order valence-corrected chi connectivity index (χ3v) is 3.29. The molecule has 1 aliphatic rings. The number of hydrogen-bond donors (Lipinski definition) is 3. The maximum absolute atomic E-state index is 11.7. The first-order valence-electron chi connectivity index (χ1n) is 5.32. The lowest BCUT2D eigenvalue weighted by Crippen LogP contribution is -2.33. The van der Waals surface area contributed by atoms with E-state index in [1.54, 1.807) is 18.2 Å². The van der Waals surface area contributed by atoms with Crippen LogP contribution in [0, 0.1) is 0 Å². The Kier molecular flexibility index (Phi) is 3.92. The van der Waals surface area contributed by atoms with E-state index in [0.717, 1.165) is 0 Å². The molecule has 1 aliphatic heterocycles. The fourth-order valence-electron chi connectivity index (χ4n) is 1.59. The van der Waals surface area contributed by atoms with Gasteiger partial charge in [0, 0.05) is 0 Å². The van der Waals surface area contributed by atoms with Crippen LogP contribution in [0.3, 0.4) is 0 Å². The average molecular weight is 302 g/mol. The summed E-state index contributed by atoms with van der Waals surface area (Å²) >= 11 is 11.7. The number of benzene rings is 1. The summed E-state index contributed by atoms with van der Waals surface area (Å²) in [7, 11) is 0. The van der Waals surface area contributed by atoms with Gasteiger partial charge in [-0.25, -0.2) is 4.79 Å². The molecular formula is C11H9Cl2N3O3. The fraction of sp³-hybridized carbons (Fsp3) is 0.182. The van der Waals surface area contributed by atoms with E-state index in [0.29, 0.717) is 10.7 Å². The van der Waals surface area contributed by atoms with Crippen LogP contribution in [-0.2, 0) is 9.59 Å².